The van der Waals surface area contributed by atoms with Crippen LogP contribution in [0.15, 0.2) is 54.6 Å². The van der Waals surface area contributed by atoms with Gasteiger partial charge in [0.2, 0.25) is 0 Å². The van der Waals surface area contributed by atoms with Gasteiger partial charge in [0.05, 0.1) is 0 Å². The lowest BCUT2D eigenvalue weighted by molar-refractivity contribution is 0.245. The molecule has 1 heteroatoms. The Morgan fingerprint density at radius 2 is 1.65 bits per heavy atom. The second-order valence-electron chi connectivity index (χ2n) is 6.28. The van der Waals surface area contributed by atoms with Crippen LogP contribution in [-0.4, -0.2) is 0 Å². The predicted molar refractivity (Wildman–Crippen MR) is 84.0 cm³/mol. The Hall–Kier alpha value is -2.02. The minimum absolute atomic E-state index is 0.00667. The summed E-state index contributed by atoms with van der Waals surface area (Å²) in [6, 6.07) is 16.7. The van der Waals surface area contributed by atoms with Gasteiger partial charge in [-0.05, 0) is 17.1 Å². The van der Waals surface area contributed by atoms with Gasteiger partial charge in [-0.15, -0.1) is 0 Å². The summed E-state index contributed by atoms with van der Waals surface area (Å²) in [6.07, 6.45) is 4.31. The molecule has 0 radical (unpaired) electrons. The third-order valence-electron chi connectivity index (χ3n) is 3.68. The molecule has 1 heterocycles. The van der Waals surface area contributed by atoms with E-state index >= 15 is 0 Å². The average molecular weight is 264 g/mol. The van der Waals surface area contributed by atoms with Crippen molar-refractivity contribution in [1.29, 1.82) is 0 Å². The minimum atomic E-state index is 0.00667. The average Bonchev–Trinajstić information content (AvgIpc) is 2.46. The van der Waals surface area contributed by atoms with E-state index in [1.165, 1.54) is 16.7 Å². The molecule has 0 amide bonds. The number of rotatable bonds is 1. The molecule has 3 rings (SSSR count). The molecule has 20 heavy (non-hydrogen) atoms. The minimum Gasteiger partial charge on any atom is -0.481 e. The molecule has 2 aromatic rings. The van der Waals surface area contributed by atoms with Crippen molar-refractivity contribution < 1.29 is 4.74 Å². The molecule has 0 saturated heterocycles. The maximum atomic E-state index is 6.29. The quantitative estimate of drug-likeness (QED) is 0.693. The van der Waals surface area contributed by atoms with Crippen LogP contribution < -0.4 is 4.74 Å². The smallest absolute Gasteiger partial charge is 0.142 e. The fourth-order valence-electron chi connectivity index (χ4n) is 2.59. The van der Waals surface area contributed by atoms with Crippen LogP contribution in [0.4, 0.5) is 0 Å². The van der Waals surface area contributed by atoms with E-state index in [1.807, 2.05) is 6.07 Å². The number of hydrogen-bond acceptors (Lipinski definition) is 1. The van der Waals surface area contributed by atoms with Crippen molar-refractivity contribution in [2.75, 3.05) is 0 Å². The molecule has 0 spiro atoms. The van der Waals surface area contributed by atoms with Crippen molar-refractivity contribution >= 4 is 6.08 Å². The summed E-state index contributed by atoms with van der Waals surface area (Å²) in [5.41, 5.74) is 3.71. The lowest BCUT2D eigenvalue weighted by atomic mass is 9.84. The Kier molecular flexibility index (Phi) is 3.13. The van der Waals surface area contributed by atoms with Gasteiger partial charge in [-0.2, -0.15) is 0 Å². The largest absolute Gasteiger partial charge is 0.481 e. The van der Waals surface area contributed by atoms with Crippen LogP contribution in [0.5, 0.6) is 5.75 Å². The monoisotopic (exact) mass is 264 g/mol. The number of ether oxygens (including phenoxy) is 1. The van der Waals surface area contributed by atoms with Gasteiger partial charge in [-0.25, -0.2) is 0 Å². The summed E-state index contributed by atoms with van der Waals surface area (Å²) in [6.45, 7) is 6.67. The van der Waals surface area contributed by atoms with E-state index in [4.69, 9.17) is 4.74 Å². The zero-order valence-electron chi connectivity index (χ0n) is 12.3. The first-order valence-corrected chi connectivity index (χ1v) is 7.09. The van der Waals surface area contributed by atoms with E-state index in [-0.39, 0.29) is 11.5 Å². The summed E-state index contributed by atoms with van der Waals surface area (Å²) < 4.78 is 6.29. The number of fused-ring (bicyclic) bond motifs is 1. The van der Waals surface area contributed by atoms with E-state index in [9.17, 15) is 0 Å². The van der Waals surface area contributed by atoms with Crippen molar-refractivity contribution in [1.82, 2.24) is 0 Å². The van der Waals surface area contributed by atoms with Crippen LogP contribution in [0, 0.1) is 0 Å². The van der Waals surface area contributed by atoms with Crippen LogP contribution in [0.25, 0.3) is 6.08 Å². The summed E-state index contributed by atoms with van der Waals surface area (Å²) in [7, 11) is 0. The molecule has 0 saturated carbocycles. The van der Waals surface area contributed by atoms with E-state index in [2.05, 4.69) is 75.4 Å². The summed E-state index contributed by atoms with van der Waals surface area (Å²) >= 11 is 0. The maximum Gasteiger partial charge on any atom is 0.142 e. The van der Waals surface area contributed by atoms with E-state index in [1.54, 1.807) is 0 Å². The Labute approximate surface area is 120 Å². The SMILES string of the molecule is CC(C)(C)c1cccc2c1OC(c1ccccc1)C=C2. The topological polar surface area (TPSA) is 9.23 Å². The molecule has 102 valence electrons. The highest BCUT2D eigenvalue weighted by Crippen LogP contribution is 2.40. The first-order chi connectivity index (χ1) is 9.55. The molecule has 1 aliphatic rings. The molecule has 1 atom stereocenters. The van der Waals surface area contributed by atoms with E-state index < -0.39 is 0 Å². The highest BCUT2D eigenvalue weighted by Gasteiger charge is 2.24. The fraction of sp³-hybridized carbons (Fsp3) is 0.263. The van der Waals surface area contributed by atoms with Crippen molar-refractivity contribution in [3.05, 3.63) is 71.3 Å². The summed E-state index contributed by atoms with van der Waals surface area (Å²) in [5.74, 6) is 1.02. The van der Waals surface area contributed by atoms with Gasteiger partial charge < -0.3 is 4.74 Å². The van der Waals surface area contributed by atoms with E-state index in [0.29, 0.717) is 0 Å². The second-order valence-corrected chi connectivity index (χ2v) is 6.28. The van der Waals surface area contributed by atoms with Crippen LogP contribution in [0.2, 0.25) is 0 Å². The lowest BCUT2D eigenvalue weighted by Gasteiger charge is -2.29. The normalized spacial score (nSPS) is 17.4. The number of para-hydroxylation sites is 1. The van der Waals surface area contributed by atoms with Gasteiger partial charge in [-0.3, -0.25) is 0 Å². The molecular weight excluding hydrogens is 244 g/mol. The van der Waals surface area contributed by atoms with Gasteiger partial charge in [0.1, 0.15) is 11.9 Å². The molecule has 2 aromatic carbocycles. The predicted octanol–water partition coefficient (Wildman–Crippen LogP) is 5.13. The van der Waals surface area contributed by atoms with Gasteiger partial charge >= 0.3 is 0 Å². The third-order valence-corrected chi connectivity index (χ3v) is 3.68. The molecule has 1 nitrogen and oxygen atoms in total. The number of hydrogen-bond donors (Lipinski definition) is 0. The van der Waals surface area contributed by atoms with Crippen LogP contribution in [0.1, 0.15) is 43.6 Å². The molecule has 0 N–H and O–H groups in total. The highest BCUT2D eigenvalue weighted by molar-refractivity contribution is 5.64. The van der Waals surface area contributed by atoms with Gasteiger partial charge in [-0.1, -0.05) is 75.4 Å². The van der Waals surface area contributed by atoms with Gasteiger partial charge in [0, 0.05) is 11.1 Å². The lowest BCUT2D eigenvalue weighted by Crippen LogP contribution is -2.17. The Morgan fingerprint density at radius 1 is 0.900 bits per heavy atom. The van der Waals surface area contributed by atoms with Gasteiger partial charge in [0.15, 0.2) is 0 Å². The molecule has 0 fully saturated rings. The molecular formula is C19H20O. The Bertz CT molecular complexity index is 633. The van der Waals surface area contributed by atoms with Crippen LogP contribution >= 0.6 is 0 Å². The zero-order chi connectivity index (χ0) is 14.2. The Morgan fingerprint density at radius 3 is 2.35 bits per heavy atom. The van der Waals surface area contributed by atoms with Crippen molar-refractivity contribution in [3.8, 4) is 5.75 Å². The molecule has 0 bridgehead atoms. The molecule has 0 aromatic heterocycles. The van der Waals surface area contributed by atoms with Crippen LogP contribution in [0.3, 0.4) is 0 Å². The van der Waals surface area contributed by atoms with Crippen molar-refractivity contribution in [2.24, 2.45) is 0 Å². The highest BCUT2D eigenvalue weighted by atomic mass is 16.5. The second kappa shape index (κ2) is 4.82. The van der Waals surface area contributed by atoms with Crippen LogP contribution in [-0.2, 0) is 5.41 Å². The third kappa shape index (κ3) is 2.36. The standard InChI is InChI=1S/C19H20O/c1-19(2,3)16-11-7-10-15-12-13-17(20-18(15)16)14-8-5-4-6-9-14/h4-13,17H,1-3H3. The zero-order valence-corrected chi connectivity index (χ0v) is 12.3. The van der Waals surface area contributed by atoms with E-state index in [0.717, 1.165) is 5.75 Å². The summed E-state index contributed by atoms with van der Waals surface area (Å²) in [4.78, 5) is 0. The fourth-order valence-corrected chi connectivity index (χ4v) is 2.59. The first kappa shape index (κ1) is 13.0. The number of benzene rings is 2. The first-order valence-electron chi connectivity index (χ1n) is 7.09. The van der Waals surface area contributed by atoms with Gasteiger partial charge in [0.25, 0.3) is 0 Å². The van der Waals surface area contributed by atoms with Crippen molar-refractivity contribution in [2.45, 2.75) is 32.3 Å². The Balaban J connectivity index is 2.02. The summed E-state index contributed by atoms with van der Waals surface area (Å²) in [5, 5.41) is 0. The molecule has 1 unspecified atom stereocenters. The maximum absolute atomic E-state index is 6.29. The molecule has 1 aliphatic heterocycles. The molecule has 0 aliphatic carbocycles. The van der Waals surface area contributed by atoms with Crippen molar-refractivity contribution in [3.63, 3.8) is 0 Å².